The van der Waals surface area contributed by atoms with Gasteiger partial charge in [-0.1, -0.05) is 5.21 Å². The summed E-state index contributed by atoms with van der Waals surface area (Å²) in [6, 6.07) is 0. The molecule has 8 heteroatoms. The summed E-state index contributed by atoms with van der Waals surface area (Å²) in [5.41, 5.74) is 0.822. The van der Waals surface area contributed by atoms with Gasteiger partial charge in [0.2, 0.25) is 11.9 Å². The van der Waals surface area contributed by atoms with Crippen molar-refractivity contribution in [2.45, 2.75) is 13.5 Å². The first-order valence-corrected chi connectivity index (χ1v) is 4.26. The van der Waals surface area contributed by atoms with E-state index < -0.39 is 0 Å². The third-order valence-corrected chi connectivity index (χ3v) is 1.78. The van der Waals surface area contributed by atoms with Crippen LogP contribution in [-0.4, -0.2) is 36.1 Å². The summed E-state index contributed by atoms with van der Waals surface area (Å²) < 4.78 is 1.49. The van der Waals surface area contributed by atoms with Gasteiger partial charge in [-0.3, -0.25) is 10.1 Å². The normalized spacial score (nSPS) is 10.2. The minimum Gasteiger partial charge on any atom is -0.293 e. The van der Waals surface area contributed by atoms with Crippen molar-refractivity contribution in [1.29, 1.82) is 0 Å². The van der Waals surface area contributed by atoms with Crippen LogP contribution in [0.2, 0.25) is 0 Å². The molecule has 2 heterocycles. The van der Waals surface area contributed by atoms with Crippen LogP contribution in [0.4, 0.5) is 5.95 Å². The first-order chi connectivity index (χ1) is 7.25. The van der Waals surface area contributed by atoms with Crippen LogP contribution < -0.4 is 5.32 Å². The summed E-state index contributed by atoms with van der Waals surface area (Å²) in [6.07, 6.45) is 2.90. The molecule has 1 amide bonds. The van der Waals surface area contributed by atoms with Crippen LogP contribution in [0.15, 0.2) is 12.5 Å². The van der Waals surface area contributed by atoms with Gasteiger partial charge in [0, 0.05) is 0 Å². The second-order valence-corrected chi connectivity index (χ2v) is 2.92. The topological polar surface area (TPSA) is 101 Å². The van der Waals surface area contributed by atoms with Crippen LogP contribution in [0, 0.1) is 6.92 Å². The second-order valence-electron chi connectivity index (χ2n) is 2.92. The zero-order valence-corrected chi connectivity index (χ0v) is 8.01. The smallest absolute Gasteiger partial charge is 0.248 e. The Balaban J connectivity index is 1.96. The predicted molar refractivity (Wildman–Crippen MR) is 49.8 cm³/mol. The molecular formula is C7H9N7O. The number of H-pyrrole nitrogens is 1. The predicted octanol–water partition coefficient (Wildman–Crippen LogP) is -0.657. The molecule has 0 fully saturated rings. The van der Waals surface area contributed by atoms with Crippen LogP contribution in [0.25, 0.3) is 0 Å². The van der Waals surface area contributed by atoms with Gasteiger partial charge in [0.1, 0.15) is 12.9 Å². The Labute approximate surface area is 84.7 Å². The number of hydrogen-bond acceptors (Lipinski definition) is 5. The summed E-state index contributed by atoms with van der Waals surface area (Å²) in [6.45, 7) is 1.92. The number of hydrogen-bond donors (Lipinski definition) is 2. The fourth-order valence-corrected chi connectivity index (χ4v) is 1.04. The molecule has 2 N–H and O–H groups in total. The lowest BCUT2D eigenvalue weighted by atomic mass is 10.5. The summed E-state index contributed by atoms with van der Waals surface area (Å²) in [7, 11) is 0. The van der Waals surface area contributed by atoms with Gasteiger partial charge in [0.15, 0.2) is 0 Å². The molecule has 78 valence electrons. The molecule has 0 atom stereocenters. The number of carbonyl (C=O) groups excluding carboxylic acids is 1. The Hall–Kier alpha value is -2.25. The van der Waals surface area contributed by atoms with Crippen molar-refractivity contribution >= 4 is 11.9 Å². The lowest BCUT2D eigenvalue weighted by Crippen LogP contribution is -2.20. The monoisotopic (exact) mass is 207 g/mol. The zero-order valence-electron chi connectivity index (χ0n) is 8.01. The number of aryl methyl sites for hydroxylation is 1. The van der Waals surface area contributed by atoms with Crippen LogP contribution in [0.5, 0.6) is 0 Å². The van der Waals surface area contributed by atoms with Crippen LogP contribution >= 0.6 is 0 Å². The molecule has 0 aliphatic carbocycles. The average molecular weight is 207 g/mol. The van der Waals surface area contributed by atoms with Crippen molar-refractivity contribution in [2.75, 3.05) is 5.32 Å². The maximum atomic E-state index is 11.4. The van der Waals surface area contributed by atoms with E-state index in [-0.39, 0.29) is 12.5 Å². The Bertz CT molecular complexity index is 446. The van der Waals surface area contributed by atoms with E-state index in [9.17, 15) is 4.79 Å². The molecule has 2 rings (SSSR count). The lowest BCUT2D eigenvalue weighted by molar-refractivity contribution is -0.117. The van der Waals surface area contributed by atoms with Gasteiger partial charge in [0.05, 0.1) is 11.9 Å². The van der Waals surface area contributed by atoms with Gasteiger partial charge < -0.3 is 0 Å². The van der Waals surface area contributed by atoms with E-state index >= 15 is 0 Å². The van der Waals surface area contributed by atoms with E-state index in [0.717, 1.165) is 5.69 Å². The number of carbonyl (C=O) groups is 1. The minimum absolute atomic E-state index is 0.104. The van der Waals surface area contributed by atoms with Gasteiger partial charge in [-0.25, -0.2) is 9.78 Å². The Morgan fingerprint density at radius 1 is 1.67 bits per heavy atom. The van der Waals surface area contributed by atoms with Gasteiger partial charge >= 0.3 is 0 Å². The highest BCUT2D eigenvalue weighted by atomic mass is 16.2. The van der Waals surface area contributed by atoms with Gasteiger partial charge in [0.25, 0.3) is 0 Å². The van der Waals surface area contributed by atoms with E-state index in [4.69, 9.17) is 0 Å². The SMILES string of the molecule is Cc1cnnn1CC(=O)Nc1ncn[nH]1. The van der Waals surface area contributed by atoms with E-state index in [1.54, 1.807) is 6.20 Å². The molecule has 0 bridgehead atoms. The Morgan fingerprint density at radius 2 is 2.53 bits per heavy atom. The summed E-state index contributed by atoms with van der Waals surface area (Å²) in [5, 5.41) is 16.1. The summed E-state index contributed by atoms with van der Waals surface area (Å²) >= 11 is 0. The van der Waals surface area contributed by atoms with Crippen LogP contribution in [-0.2, 0) is 11.3 Å². The number of nitrogens with zero attached hydrogens (tertiary/aromatic N) is 5. The molecule has 0 spiro atoms. The van der Waals surface area contributed by atoms with E-state index in [1.165, 1.54) is 11.0 Å². The first kappa shape index (κ1) is 9.31. The van der Waals surface area contributed by atoms with Crippen LogP contribution in [0.3, 0.4) is 0 Å². The fourth-order valence-electron chi connectivity index (χ4n) is 1.04. The third kappa shape index (κ3) is 2.16. The number of aromatic nitrogens is 6. The third-order valence-electron chi connectivity index (χ3n) is 1.78. The van der Waals surface area contributed by atoms with Crippen LogP contribution in [0.1, 0.15) is 5.69 Å². The molecule has 0 saturated carbocycles. The number of amides is 1. The number of nitrogens with one attached hydrogen (secondary N) is 2. The van der Waals surface area contributed by atoms with Crippen molar-refractivity contribution in [3.05, 3.63) is 18.2 Å². The largest absolute Gasteiger partial charge is 0.293 e. The van der Waals surface area contributed by atoms with Crippen molar-refractivity contribution in [3.63, 3.8) is 0 Å². The lowest BCUT2D eigenvalue weighted by Gasteiger charge is -2.02. The maximum Gasteiger partial charge on any atom is 0.248 e. The number of anilines is 1. The van der Waals surface area contributed by atoms with E-state index in [1.807, 2.05) is 6.92 Å². The Morgan fingerprint density at radius 3 is 3.13 bits per heavy atom. The second kappa shape index (κ2) is 3.86. The minimum atomic E-state index is -0.236. The molecule has 0 aliphatic rings. The average Bonchev–Trinajstić information content (AvgIpc) is 2.79. The highest BCUT2D eigenvalue weighted by Crippen LogP contribution is 1.96. The highest BCUT2D eigenvalue weighted by Gasteiger charge is 2.07. The first-order valence-electron chi connectivity index (χ1n) is 4.26. The molecule has 0 radical (unpaired) electrons. The molecule has 8 nitrogen and oxygen atoms in total. The van der Waals surface area contributed by atoms with E-state index in [0.29, 0.717) is 5.95 Å². The van der Waals surface area contributed by atoms with Crippen molar-refractivity contribution < 1.29 is 4.79 Å². The molecule has 0 unspecified atom stereocenters. The van der Waals surface area contributed by atoms with E-state index in [2.05, 4.69) is 30.8 Å². The molecule has 2 aromatic heterocycles. The molecule has 15 heavy (non-hydrogen) atoms. The molecule has 0 aliphatic heterocycles. The maximum absolute atomic E-state index is 11.4. The zero-order chi connectivity index (χ0) is 10.7. The quantitative estimate of drug-likeness (QED) is 0.695. The summed E-state index contributed by atoms with van der Waals surface area (Å²) in [4.78, 5) is 15.2. The van der Waals surface area contributed by atoms with Gasteiger partial charge in [-0.05, 0) is 6.92 Å². The molecular weight excluding hydrogens is 198 g/mol. The number of aromatic amines is 1. The Kier molecular flexibility index (Phi) is 2.40. The van der Waals surface area contributed by atoms with Crippen molar-refractivity contribution in [2.24, 2.45) is 0 Å². The van der Waals surface area contributed by atoms with Crippen molar-refractivity contribution in [1.82, 2.24) is 30.2 Å². The molecule has 0 saturated heterocycles. The molecule has 2 aromatic rings. The summed E-state index contributed by atoms with van der Waals surface area (Å²) in [5.74, 6) is 0.0816. The van der Waals surface area contributed by atoms with Gasteiger partial charge in [-0.2, -0.15) is 10.1 Å². The number of rotatable bonds is 3. The molecule has 0 aromatic carbocycles. The highest BCUT2D eigenvalue weighted by molar-refractivity contribution is 5.88. The van der Waals surface area contributed by atoms with Gasteiger partial charge in [-0.15, -0.1) is 5.10 Å². The fraction of sp³-hybridized carbons (Fsp3) is 0.286. The van der Waals surface area contributed by atoms with Crippen molar-refractivity contribution in [3.8, 4) is 0 Å². The standard InChI is InChI=1S/C7H9N7O/c1-5-2-9-13-14(5)3-6(15)11-7-8-4-10-12-7/h2,4H,3H2,1H3,(H2,8,10,11,12,15).